The molecule has 2 rings (SSSR count). The zero-order valence-electron chi connectivity index (χ0n) is 12.7. The van der Waals surface area contributed by atoms with E-state index in [1.54, 1.807) is 0 Å². The van der Waals surface area contributed by atoms with Crippen LogP contribution in [0.5, 0.6) is 0 Å². The maximum absolute atomic E-state index is 4.41. The number of nitrogens with one attached hydrogen (secondary N) is 1. The van der Waals surface area contributed by atoms with Crippen LogP contribution in [0.2, 0.25) is 0 Å². The van der Waals surface area contributed by atoms with E-state index in [2.05, 4.69) is 48.1 Å². The number of aromatic nitrogens is 1. The van der Waals surface area contributed by atoms with Gasteiger partial charge in [-0.3, -0.25) is 9.88 Å². The Balaban J connectivity index is 2.03. The predicted molar refractivity (Wildman–Crippen MR) is 80.1 cm³/mol. The maximum Gasteiger partial charge on any atom is 0.0372 e. The molecule has 0 spiro atoms. The van der Waals surface area contributed by atoms with Crippen molar-refractivity contribution in [3.63, 3.8) is 0 Å². The minimum absolute atomic E-state index is 0.612. The van der Waals surface area contributed by atoms with Gasteiger partial charge in [0.25, 0.3) is 0 Å². The summed E-state index contributed by atoms with van der Waals surface area (Å²) in [5.41, 5.74) is 2.42. The summed E-state index contributed by atoms with van der Waals surface area (Å²) in [5, 5.41) is 3.69. The van der Waals surface area contributed by atoms with Crippen LogP contribution in [0.1, 0.15) is 38.4 Å². The molecule has 0 radical (unpaired) electrons. The van der Waals surface area contributed by atoms with E-state index >= 15 is 0 Å². The van der Waals surface area contributed by atoms with Gasteiger partial charge in [-0.05, 0) is 30.9 Å². The summed E-state index contributed by atoms with van der Waals surface area (Å²) in [5.74, 6) is 0.691. The Bertz CT molecular complexity index is 385. The summed E-state index contributed by atoms with van der Waals surface area (Å²) in [6, 6.07) is 5.58. The minimum Gasteiger partial charge on any atom is -0.311 e. The molecule has 1 aliphatic heterocycles. The largest absolute Gasteiger partial charge is 0.311 e. The number of pyridine rings is 1. The van der Waals surface area contributed by atoms with E-state index in [1.807, 2.05) is 13.1 Å². The standard InChI is InChI=1S/C16H27N3/c1-5-15-9-18-16(12(2)3)11-19(15)10-14-7-6-13(4)17-8-14/h6-8,12,15-16,18H,5,9-11H2,1-4H3. The van der Waals surface area contributed by atoms with Crippen molar-refractivity contribution in [2.45, 2.75) is 52.7 Å². The van der Waals surface area contributed by atoms with E-state index < -0.39 is 0 Å². The van der Waals surface area contributed by atoms with Gasteiger partial charge in [0.1, 0.15) is 0 Å². The average molecular weight is 261 g/mol. The van der Waals surface area contributed by atoms with E-state index in [4.69, 9.17) is 0 Å². The fraction of sp³-hybridized carbons (Fsp3) is 0.688. The highest BCUT2D eigenvalue weighted by molar-refractivity contribution is 5.13. The van der Waals surface area contributed by atoms with Gasteiger partial charge in [-0.15, -0.1) is 0 Å². The van der Waals surface area contributed by atoms with Gasteiger partial charge in [0.15, 0.2) is 0 Å². The highest BCUT2D eigenvalue weighted by Gasteiger charge is 2.28. The van der Waals surface area contributed by atoms with Crippen LogP contribution in [0.15, 0.2) is 18.3 Å². The second-order valence-electron chi connectivity index (χ2n) is 6.06. The Morgan fingerprint density at radius 1 is 1.42 bits per heavy atom. The molecular formula is C16H27N3. The van der Waals surface area contributed by atoms with E-state index in [1.165, 1.54) is 12.0 Å². The first kappa shape index (κ1) is 14.5. The number of rotatable bonds is 4. The van der Waals surface area contributed by atoms with Crippen LogP contribution in [-0.2, 0) is 6.54 Å². The third-order valence-corrected chi connectivity index (χ3v) is 4.20. The molecule has 1 aromatic rings. The van der Waals surface area contributed by atoms with Crippen LogP contribution in [0.4, 0.5) is 0 Å². The number of hydrogen-bond acceptors (Lipinski definition) is 3. The van der Waals surface area contributed by atoms with E-state index in [-0.39, 0.29) is 0 Å². The van der Waals surface area contributed by atoms with Crippen LogP contribution >= 0.6 is 0 Å². The molecule has 1 aliphatic rings. The Hall–Kier alpha value is -0.930. The molecule has 0 amide bonds. The van der Waals surface area contributed by atoms with Crippen molar-refractivity contribution in [2.75, 3.05) is 13.1 Å². The van der Waals surface area contributed by atoms with Gasteiger partial charge in [-0.2, -0.15) is 0 Å². The molecule has 19 heavy (non-hydrogen) atoms. The maximum atomic E-state index is 4.41. The topological polar surface area (TPSA) is 28.2 Å². The van der Waals surface area contributed by atoms with Crippen molar-refractivity contribution in [3.05, 3.63) is 29.6 Å². The molecule has 0 aliphatic carbocycles. The number of piperazine rings is 1. The van der Waals surface area contributed by atoms with E-state index in [9.17, 15) is 0 Å². The highest BCUT2D eigenvalue weighted by atomic mass is 15.2. The number of nitrogens with zero attached hydrogens (tertiary/aromatic N) is 2. The first-order valence-corrected chi connectivity index (χ1v) is 7.49. The second-order valence-corrected chi connectivity index (χ2v) is 6.06. The molecule has 1 aromatic heterocycles. The normalized spacial score (nSPS) is 24.9. The fourth-order valence-electron chi connectivity index (χ4n) is 2.75. The zero-order valence-corrected chi connectivity index (χ0v) is 12.7. The van der Waals surface area contributed by atoms with Gasteiger partial charge in [-0.1, -0.05) is 26.8 Å². The number of aryl methyl sites for hydroxylation is 1. The minimum atomic E-state index is 0.612. The molecule has 3 heteroatoms. The second kappa shape index (κ2) is 6.49. The third-order valence-electron chi connectivity index (χ3n) is 4.20. The summed E-state index contributed by atoms with van der Waals surface area (Å²) in [6.45, 7) is 12.2. The van der Waals surface area contributed by atoms with Crippen LogP contribution in [0.25, 0.3) is 0 Å². The molecule has 3 nitrogen and oxygen atoms in total. The molecule has 2 heterocycles. The van der Waals surface area contributed by atoms with Crippen LogP contribution in [0, 0.1) is 12.8 Å². The lowest BCUT2D eigenvalue weighted by molar-refractivity contribution is 0.103. The van der Waals surface area contributed by atoms with Crippen molar-refractivity contribution in [2.24, 2.45) is 5.92 Å². The summed E-state index contributed by atoms with van der Waals surface area (Å²) >= 11 is 0. The van der Waals surface area contributed by atoms with Crippen LogP contribution in [0.3, 0.4) is 0 Å². The summed E-state index contributed by atoms with van der Waals surface area (Å²) in [6.07, 6.45) is 3.23. The van der Waals surface area contributed by atoms with Crippen LogP contribution in [-0.4, -0.2) is 35.1 Å². The molecule has 1 N–H and O–H groups in total. The Kier molecular flexibility index (Phi) is 4.94. The lowest BCUT2D eigenvalue weighted by atomic mass is 9.98. The van der Waals surface area contributed by atoms with Gasteiger partial charge in [0.05, 0.1) is 0 Å². The van der Waals surface area contributed by atoms with Crippen molar-refractivity contribution in [3.8, 4) is 0 Å². The predicted octanol–water partition coefficient (Wildman–Crippen LogP) is 2.60. The van der Waals surface area contributed by atoms with Gasteiger partial charge in [0.2, 0.25) is 0 Å². The van der Waals surface area contributed by atoms with Crippen molar-refractivity contribution < 1.29 is 0 Å². The van der Waals surface area contributed by atoms with Gasteiger partial charge in [0, 0.05) is 43.6 Å². The van der Waals surface area contributed by atoms with Crippen molar-refractivity contribution in [1.82, 2.24) is 15.2 Å². The lowest BCUT2D eigenvalue weighted by Gasteiger charge is -2.41. The summed E-state index contributed by atoms with van der Waals surface area (Å²) < 4.78 is 0. The molecule has 0 saturated carbocycles. The molecule has 0 bridgehead atoms. The van der Waals surface area contributed by atoms with Gasteiger partial charge in [-0.25, -0.2) is 0 Å². The SMILES string of the molecule is CCC1CNC(C(C)C)CN1Cc1ccc(C)nc1. The number of hydrogen-bond donors (Lipinski definition) is 1. The molecule has 2 unspecified atom stereocenters. The monoisotopic (exact) mass is 261 g/mol. The first-order valence-electron chi connectivity index (χ1n) is 7.49. The van der Waals surface area contributed by atoms with Crippen LogP contribution < -0.4 is 5.32 Å². The highest BCUT2D eigenvalue weighted by Crippen LogP contribution is 2.17. The summed E-state index contributed by atoms with van der Waals surface area (Å²) in [4.78, 5) is 7.03. The first-order chi connectivity index (χ1) is 9.10. The van der Waals surface area contributed by atoms with E-state index in [0.717, 1.165) is 25.3 Å². The van der Waals surface area contributed by atoms with Crippen molar-refractivity contribution in [1.29, 1.82) is 0 Å². The zero-order chi connectivity index (χ0) is 13.8. The molecule has 1 fully saturated rings. The Morgan fingerprint density at radius 2 is 2.21 bits per heavy atom. The van der Waals surface area contributed by atoms with Gasteiger partial charge < -0.3 is 5.32 Å². The smallest absolute Gasteiger partial charge is 0.0372 e. The van der Waals surface area contributed by atoms with Crippen molar-refractivity contribution >= 4 is 0 Å². The Labute approximate surface area is 117 Å². The molecule has 1 saturated heterocycles. The van der Waals surface area contributed by atoms with Gasteiger partial charge >= 0.3 is 0 Å². The fourth-order valence-corrected chi connectivity index (χ4v) is 2.75. The average Bonchev–Trinajstić information content (AvgIpc) is 2.41. The van der Waals surface area contributed by atoms with E-state index in [0.29, 0.717) is 18.0 Å². The summed E-state index contributed by atoms with van der Waals surface area (Å²) in [7, 11) is 0. The Morgan fingerprint density at radius 3 is 2.79 bits per heavy atom. The molecule has 2 atom stereocenters. The third kappa shape index (κ3) is 3.77. The molecule has 0 aromatic carbocycles. The lowest BCUT2D eigenvalue weighted by Crippen LogP contribution is -2.57. The quantitative estimate of drug-likeness (QED) is 0.903. The molecule has 106 valence electrons. The molecular weight excluding hydrogens is 234 g/mol.